The summed E-state index contributed by atoms with van der Waals surface area (Å²) in [5.41, 5.74) is -0.137. The van der Waals surface area contributed by atoms with Crippen LogP contribution in [0.1, 0.15) is 23.2 Å². The number of halogens is 2. The zero-order valence-electron chi connectivity index (χ0n) is 13.5. The number of nitrogens with zero attached hydrogens (tertiary/aromatic N) is 4. The van der Waals surface area contributed by atoms with E-state index in [0.717, 1.165) is 18.5 Å². The van der Waals surface area contributed by atoms with Gasteiger partial charge in [0.2, 0.25) is 0 Å². The van der Waals surface area contributed by atoms with Gasteiger partial charge in [-0.3, -0.25) is 14.9 Å². The van der Waals surface area contributed by atoms with E-state index in [9.17, 15) is 19.3 Å². The summed E-state index contributed by atoms with van der Waals surface area (Å²) in [4.78, 5) is 32.0. The highest BCUT2D eigenvalue weighted by Gasteiger charge is 2.27. The van der Waals surface area contributed by atoms with Crippen LogP contribution >= 0.6 is 11.6 Å². The summed E-state index contributed by atoms with van der Waals surface area (Å²) in [6.07, 6.45) is 3.03. The molecule has 1 aliphatic rings. The van der Waals surface area contributed by atoms with Gasteiger partial charge in [-0.1, -0.05) is 11.6 Å². The second kappa shape index (κ2) is 7.61. The summed E-state index contributed by atoms with van der Waals surface area (Å²) in [6.45, 7) is 0.773. The maximum atomic E-state index is 12.8. The standard InChI is InChI=1S/C16H14ClFN4O4/c17-13-4-3-10(6-14(13)22(24)25)15(23)21-5-1-2-12(9-21)26-16-19-7-11(18)8-20-16/h3-4,6-8,12H,1-2,5,9H2. The number of benzene rings is 1. The van der Waals surface area contributed by atoms with E-state index >= 15 is 0 Å². The van der Waals surface area contributed by atoms with Crippen LogP contribution in [0.5, 0.6) is 6.01 Å². The van der Waals surface area contributed by atoms with Crippen molar-refractivity contribution in [2.75, 3.05) is 13.1 Å². The van der Waals surface area contributed by atoms with Gasteiger partial charge in [0.25, 0.3) is 11.6 Å². The number of ether oxygens (including phenoxy) is 1. The van der Waals surface area contributed by atoms with Gasteiger partial charge < -0.3 is 9.64 Å². The number of piperidine rings is 1. The lowest BCUT2D eigenvalue weighted by Crippen LogP contribution is -2.44. The number of nitro benzene ring substituents is 1. The molecule has 1 unspecified atom stereocenters. The van der Waals surface area contributed by atoms with Crippen LogP contribution in [0.3, 0.4) is 0 Å². The molecule has 0 aliphatic carbocycles. The summed E-state index contributed by atoms with van der Waals surface area (Å²) < 4.78 is 18.4. The molecule has 1 aliphatic heterocycles. The van der Waals surface area contributed by atoms with Crippen molar-refractivity contribution in [1.82, 2.24) is 14.9 Å². The van der Waals surface area contributed by atoms with E-state index < -0.39 is 10.7 Å². The molecule has 3 rings (SSSR count). The molecule has 26 heavy (non-hydrogen) atoms. The number of hydrogen-bond donors (Lipinski definition) is 0. The largest absolute Gasteiger partial charge is 0.458 e. The van der Waals surface area contributed by atoms with Crippen LogP contribution in [0.4, 0.5) is 10.1 Å². The minimum absolute atomic E-state index is 0.0279. The molecule has 2 aromatic rings. The predicted molar refractivity (Wildman–Crippen MR) is 89.6 cm³/mol. The maximum absolute atomic E-state index is 12.8. The molecule has 0 radical (unpaired) electrons. The quantitative estimate of drug-likeness (QED) is 0.597. The van der Waals surface area contributed by atoms with Crippen molar-refractivity contribution in [3.05, 3.63) is 57.1 Å². The van der Waals surface area contributed by atoms with Crippen LogP contribution in [0, 0.1) is 15.9 Å². The Kier molecular flexibility index (Phi) is 5.27. The van der Waals surface area contributed by atoms with Gasteiger partial charge in [0.05, 0.1) is 23.9 Å². The van der Waals surface area contributed by atoms with Gasteiger partial charge in [0, 0.05) is 18.2 Å². The molecule has 0 N–H and O–H groups in total. The Morgan fingerprint density at radius 2 is 2.12 bits per heavy atom. The second-order valence-electron chi connectivity index (χ2n) is 5.74. The summed E-state index contributed by atoms with van der Waals surface area (Å²) in [5.74, 6) is -0.916. The van der Waals surface area contributed by atoms with Gasteiger partial charge in [0.15, 0.2) is 5.82 Å². The summed E-state index contributed by atoms with van der Waals surface area (Å²) >= 11 is 5.78. The Hall–Kier alpha value is -2.81. The minimum Gasteiger partial charge on any atom is -0.458 e. The van der Waals surface area contributed by atoms with Crippen molar-refractivity contribution in [1.29, 1.82) is 0 Å². The van der Waals surface area contributed by atoms with Crippen LogP contribution in [0.15, 0.2) is 30.6 Å². The van der Waals surface area contributed by atoms with Gasteiger partial charge in [-0.15, -0.1) is 0 Å². The highest BCUT2D eigenvalue weighted by Crippen LogP contribution is 2.26. The molecule has 1 atom stereocenters. The fourth-order valence-corrected chi connectivity index (χ4v) is 2.88. The molecule has 0 bridgehead atoms. The molecular weight excluding hydrogens is 367 g/mol. The van der Waals surface area contributed by atoms with Gasteiger partial charge in [-0.25, -0.2) is 14.4 Å². The number of carbonyl (C=O) groups excluding carboxylic acids is 1. The summed E-state index contributed by atoms with van der Waals surface area (Å²) in [5, 5.41) is 11.0. The van der Waals surface area contributed by atoms with Crippen LogP contribution in [0.2, 0.25) is 5.02 Å². The molecule has 136 valence electrons. The van der Waals surface area contributed by atoms with E-state index in [2.05, 4.69) is 9.97 Å². The smallest absolute Gasteiger partial charge is 0.316 e. The third kappa shape index (κ3) is 4.05. The molecule has 1 aromatic carbocycles. The molecular formula is C16H14ClFN4O4. The van der Waals surface area contributed by atoms with Gasteiger partial charge >= 0.3 is 6.01 Å². The second-order valence-corrected chi connectivity index (χ2v) is 6.15. The van der Waals surface area contributed by atoms with Crippen molar-refractivity contribution in [2.45, 2.75) is 18.9 Å². The summed E-state index contributed by atoms with van der Waals surface area (Å²) in [6, 6.07) is 3.98. The Balaban J connectivity index is 1.70. The molecule has 0 saturated carbocycles. The van der Waals surface area contributed by atoms with Crippen LogP contribution in [-0.4, -0.2) is 44.9 Å². The van der Waals surface area contributed by atoms with Gasteiger partial charge in [-0.05, 0) is 25.0 Å². The molecule has 1 aromatic heterocycles. The van der Waals surface area contributed by atoms with E-state index in [0.29, 0.717) is 19.4 Å². The molecule has 8 nitrogen and oxygen atoms in total. The Morgan fingerprint density at radius 3 is 2.81 bits per heavy atom. The van der Waals surface area contributed by atoms with E-state index in [4.69, 9.17) is 16.3 Å². The fraction of sp³-hybridized carbons (Fsp3) is 0.312. The highest BCUT2D eigenvalue weighted by atomic mass is 35.5. The first-order valence-electron chi connectivity index (χ1n) is 7.81. The van der Waals surface area contributed by atoms with Crippen LogP contribution < -0.4 is 4.74 Å². The maximum Gasteiger partial charge on any atom is 0.316 e. The van der Waals surface area contributed by atoms with Crippen molar-refractivity contribution in [3.63, 3.8) is 0 Å². The monoisotopic (exact) mass is 380 g/mol. The normalized spacial score (nSPS) is 17.0. The average molecular weight is 381 g/mol. The fourth-order valence-electron chi connectivity index (χ4n) is 2.70. The minimum atomic E-state index is -0.632. The van der Waals surface area contributed by atoms with Crippen molar-refractivity contribution < 1.29 is 18.8 Å². The van der Waals surface area contributed by atoms with E-state index in [1.165, 1.54) is 12.1 Å². The third-order valence-electron chi connectivity index (χ3n) is 3.92. The molecule has 1 fully saturated rings. The van der Waals surface area contributed by atoms with Crippen LogP contribution in [0.25, 0.3) is 0 Å². The van der Waals surface area contributed by atoms with Crippen LogP contribution in [-0.2, 0) is 0 Å². The molecule has 1 amide bonds. The highest BCUT2D eigenvalue weighted by molar-refractivity contribution is 6.32. The van der Waals surface area contributed by atoms with Gasteiger partial charge in [0.1, 0.15) is 11.1 Å². The number of rotatable bonds is 4. The Bertz CT molecular complexity index is 833. The SMILES string of the molecule is O=C(c1ccc(Cl)c([N+](=O)[O-])c1)N1CCCC(Oc2ncc(F)cn2)C1. The van der Waals surface area contributed by atoms with Crippen molar-refractivity contribution >= 4 is 23.2 Å². The van der Waals surface area contributed by atoms with E-state index in [1.807, 2.05) is 0 Å². The predicted octanol–water partition coefficient (Wildman–Crippen LogP) is 2.86. The third-order valence-corrected chi connectivity index (χ3v) is 4.24. The van der Waals surface area contributed by atoms with Gasteiger partial charge in [-0.2, -0.15) is 0 Å². The number of hydrogen-bond acceptors (Lipinski definition) is 6. The number of aromatic nitrogens is 2. The topological polar surface area (TPSA) is 98.5 Å². The lowest BCUT2D eigenvalue weighted by Gasteiger charge is -2.32. The molecule has 2 heterocycles. The lowest BCUT2D eigenvalue weighted by atomic mass is 10.1. The van der Waals surface area contributed by atoms with E-state index in [1.54, 1.807) is 4.90 Å². The number of carbonyl (C=O) groups is 1. The average Bonchev–Trinajstić information content (AvgIpc) is 2.63. The number of amides is 1. The number of nitro groups is 1. The Labute approximate surface area is 152 Å². The zero-order chi connectivity index (χ0) is 18.7. The van der Waals surface area contributed by atoms with E-state index in [-0.39, 0.29) is 40.8 Å². The molecule has 1 saturated heterocycles. The molecule has 0 spiro atoms. The Morgan fingerprint density at radius 1 is 1.38 bits per heavy atom. The summed E-state index contributed by atoms with van der Waals surface area (Å²) in [7, 11) is 0. The lowest BCUT2D eigenvalue weighted by molar-refractivity contribution is -0.384. The molecule has 10 heteroatoms. The first kappa shape index (κ1) is 18.0. The van der Waals surface area contributed by atoms with Crippen molar-refractivity contribution in [2.24, 2.45) is 0 Å². The first-order chi connectivity index (χ1) is 12.4. The number of likely N-dealkylation sites (tertiary alicyclic amines) is 1. The first-order valence-corrected chi connectivity index (χ1v) is 8.19. The zero-order valence-corrected chi connectivity index (χ0v) is 14.2. The van der Waals surface area contributed by atoms with Crippen molar-refractivity contribution in [3.8, 4) is 6.01 Å².